The maximum absolute atomic E-state index is 2.70. The summed E-state index contributed by atoms with van der Waals surface area (Å²) in [5.74, 6) is 0. The van der Waals surface area contributed by atoms with Crippen molar-refractivity contribution in [2.45, 2.75) is 61.9 Å². The van der Waals surface area contributed by atoms with E-state index >= 15 is 0 Å². The Labute approximate surface area is 191 Å². The summed E-state index contributed by atoms with van der Waals surface area (Å²) in [6.07, 6.45) is 2.70. The van der Waals surface area contributed by atoms with E-state index in [1.165, 1.54) is 27.8 Å². The molecule has 0 nitrogen and oxygen atoms in total. The van der Waals surface area contributed by atoms with E-state index in [2.05, 4.69) is 103 Å². The van der Waals surface area contributed by atoms with Gasteiger partial charge < -0.3 is 0 Å². The Morgan fingerprint density at radius 3 is 1.90 bits per heavy atom. The minimum atomic E-state index is -1.86. The van der Waals surface area contributed by atoms with Crippen LogP contribution in [0.4, 0.5) is 0 Å². The van der Waals surface area contributed by atoms with Crippen molar-refractivity contribution in [1.82, 2.24) is 0 Å². The van der Waals surface area contributed by atoms with Gasteiger partial charge in [-0.25, -0.2) is 0 Å². The van der Waals surface area contributed by atoms with E-state index < -0.39 is 20.4 Å². The fraction of sp³-hybridized carbons (Fsp3) is 0.357. The number of allylic oxidation sites excluding steroid dienone is 5. The van der Waals surface area contributed by atoms with Crippen LogP contribution in [0.15, 0.2) is 70.8 Å². The third-order valence-corrected chi connectivity index (χ3v) is 27.0. The van der Waals surface area contributed by atoms with Gasteiger partial charge >= 0.3 is 192 Å². The van der Waals surface area contributed by atoms with Gasteiger partial charge in [-0.05, 0) is 0 Å². The van der Waals surface area contributed by atoms with Crippen molar-refractivity contribution in [2.75, 3.05) is 0 Å². The second kappa shape index (κ2) is 8.36. The Morgan fingerprint density at radius 1 is 0.767 bits per heavy atom. The Bertz CT molecular complexity index is 1120. The molecule has 0 spiro atoms. The zero-order valence-electron chi connectivity index (χ0n) is 19.8. The molecule has 2 aromatic carbocycles. The number of hydrogen-bond acceptors (Lipinski definition) is 0. The van der Waals surface area contributed by atoms with Gasteiger partial charge in [-0.15, -0.1) is 0 Å². The van der Waals surface area contributed by atoms with Crippen molar-refractivity contribution >= 4 is 11.0 Å². The normalized spacial score (nSPS) is 18.8. The molecule has 0 aromatic heterocycles. The van der Waals surface area contributed by atoms with Crippen LogP contribution in [-0.2, 0) is 20.4 Å². The van der Waals surface area contributed by atoms with Crippen molar-refractivity contribution in [1.29, 1.82) is 0 Å². The van der Waals surface area contributed by atoms with Crippen LogP contribution >= 0.6 is 0 Å². The monoisotopic (exact) mass is 488 g/mol. The molecule has 2 heteroatoms. The van der Waals surface area contributed by atoms with Gasteiger partial charge in [0.2, 0.25) is 0 Å². The Kier molecular flexibility index (Phi) is 6.12. The molecule has 1 atom stereocenters. The fourth-order valence-corrected chi connectivity index (χ4v) is 26.1. The SMILES string of the molecule is CC1=C(C)[CH]([Zr]([CH]2C=C(c3cc(C)cc(C)c3)c3ccccc32)=[Si](C)C)C(C)=C1C. The van der Waals surface area contributed by atoms with Crippen LogP contribution in [0.2, 0.25) is 16.7 Å². The average Bonchev–Trinajstić information content (AvgIpc) is 3.15. The van der Waals surface area contributed by atoms with Crippen LogP contribution in [-0.4, -0.2) is 5.43 Å². The first-order valence-electron chi connectivity index (χ1n) is 11.1. The molecule has 2 aromatic rings. The van der Waals surface area contributed by atoms with E-state index in [4.69, 9.17) is 0 Å². The summed E-state index contributed by atoms with van der Waals surface area (Å²) in [6.45, 7) is 19.2. The molecule has 0 bridgehead atoms. The third kappa shape index (κ3) is 3.65. The molecule has 0 N–H and O–H groups in total. The van der Waals surface area contributed by atoms with Gasteiger partial charge in [-0.1, -0.05) is 0 Å². The Morgan fingerprint density at radius 2 is 1.33 bits per heavy atom. The third-order valence-electron chi connectivity index (χ3n) is 7.29. The van der Waals surface area contributed by atoms with Crippen molar-refractivity contribution in [3.63, 3.8) is 0 Å². The number of fused-ring (bicyclic) bond motifs is 1. The van der Waals surface area contributed by atoms with Gasteiger partial charge in [-0.3, -0.25) is 0 Å². The van der Waals surface area contributed by atoms with Crippen LogP contribution in [0.5, 0.6) is 0 Å². The van der Waals surface area contributed by atoms with Gasteiger partial charge in [0.25, 0.3) is 0 Å². The van der Waals surface area contributed by atoms with Gasteiger partial charge in [0.05, 0.1) is 0 Å². The summed E-state index contributed by atoms with van der Waals surface area (Å²) >= 11 is -1.86. The van der Waals surface area contributed by atoms with Gasteiger partial charge in [0, 0.05) is 0 Å². The zero-order chi connectivity index (χ0) is 21.7. The van der Waals surface area contributed by atoms with Gasteiger partial charge in [0.1, 0.15) is 0 Å². The number of benzene rings is 2. The van der Waals surface area contributed by atoms with Gasteiger partial charge in [-0.2, -0.15) is 0 Å². The molecule has 0 fully saturated rings. The molecular formula is C28H34SiZr. The van der Waals surface area contributed by atoms with E-state index in [1.807, 2.05) is 0 Å². The first-order valence-corrected chi connectivity index (χ1v) is 20.2. The molecular weight excluding hydrogens is 456 g/mol. The minimum absolute atomic E-state index is 0.329. The average molecular weight is 490 g/mol. The summed E-state index contributed by atoms with van der Waals surface area (Å²) in [5.41, 5.74) is 14.9. The fourth-order valence-electron chi connectivity index (χ4n) is 5.59. The summed E-state index contributed by atoms with van der Waals surface area (Å²) in [6, 6.07) is 16.3. The van der Waals surface area contributed by atoms with Crippen LogP contribution in [0.25, 0.3) is 5.57 Å². The summed E-state index contributed by atoms with van der Waals surface area (Å²) in [5, 5.41) is 0. The summed E-state index contributed by atoms with van der Waals surface area (Å²) in [4.78, 5) is 0. The molecule has 4 rings (SSSR count). The summed E-state index contributed by atoms with van der Waals surface area (Å²) < 4.78 is 1.47. The predicted octanol–water partition coefficient (Wildman–Crippen LogP) is 8.13. The van der Waals surface area contributed by atoms with Crippen LogP contribution < -0.4 is 0 Å². The number of aryl methyl sites for hydroxylation is 2. The van der Waals surface area contributed by atoms with E-state index in [1.54, 1.807) is 27.9 Å². The molecule has 0 amide bonds. The summed E-state index contributed by atoms with van der Waals surface area (Å²) in [7, 11) is 0. The van der Waals surface area contributed by atoms with Crippen LogP contribution in [0.1, 0.15) is 59.1 Å². The van der Waals surface area contributed by atoms with Crippen molar-refractivity contribution < 1.29 is 20.4 Å². The molecule has 0 heterocycles. The first kappa shape index (κ1) is 22.0. The van der Waals surface area contributed by atoms with E-state index in [0.29, 0.717) is 3.63 Å². The van der Waals surface area contributed by atoms with E-state index in [9.17, 15) is 0 Å². The van der Waals surface area contributed by atoms with Crippen LogP contribution in [0.3, 0.4) is 0 Å². The van der Waals surface area contributed by atoms with Crippen molar-refractivity contribution in [3.05, 3.63) is 98.7 Å². The topological polar surface area (TPSA) is 0 Å². The second-order valence-electron chi connectivity index (χ2n) is 9.53. The maximum atomic E-state index is 2.70. The molecule has 154 valence electrons. The molecule has 0 saturated heterocycles. The molecule has 2 aliphatic rings. The molecule has 1 unspecified atom stereocenters. The zero-order valence-corrected chi connectivity index (χ0v) is 23.2. The van der Waals surface area contributed by atoms with Gasteiger partial charge in [0.15, 0.2) is 0 Å². The van der Waals surface area contributed by atoms with Crippen molar-refractivity contribution in [2.24, 2.45) is 0 Å². The van der Waals surface area contributed by atoms with E-state index in [0.717, 1.165) is 3.63 Å². The molecule has 0 aliphatic heterocycles. The predicted molar refractivity (Wildman–Crippen MR) is 130 cm³/mol. The molecule has 0 radical (unpaired) electrons. The Balaban J connectivity index is 1.92. The number of hydrogen-bond donors (Lipinski definition) is 0. The molecule has 30 heavy (non-hydrogen) atoms. The quantitative estimate of drug-likeness (QED) is 0.382. The standard InChI is InChI=1S/C17H15.C9H13.C2H6Si.Zr/c1-12-9-13(2)11-15(10-12)17-8-7-14-5-3-4-6-16(14)17;1-6-5-7(2)9(4)8(6)3;1-3-2;/h3-11H,1-2H3;5H,1-4H3;1-2H3;. The molecule has 0 saturated carbocycles. The molecule has 2 aliphatic carbocycles. The Hall–Kier alpha value is -1.24. The van der Waals surface area contributed by atoms with E-state index in [-0.39, 0.29) is 5.43 Å². The number of rotatable bonds is 3. The first-order chi connectivity index (χ1) is 14.2. The van der Waals surface area contributed by atoms with Crippen LogP contribution in [0, 0.1) is 13.8 Å². The second-order valence-corrected chi connectivity index (χ2v) is 27.5. The van der Waals surface area contributed by atoms with Crippen molar-refractivity contribution in [3.8, 4) is 0 Å².